The largest absolute Gasteiger partial charge is 0.395 e. The van der Waals surface area contributed by atoms with Gasteiger partial charge in [-0.2, -0.15) is 0 Å². The standard InChI is InChI=1S/C15H22O/c1-2-15(12-16,14-10-6-7-11-14)13-8-4-3-5-9-13/h3-5,8-9,14,16H,2,6-7,10-12H2,1H3. The summed E-state index contributed by atoms with van der Waals surface area (Å²) in [5, 5.41) is 9.89. The zero-order valence-electron chi connectivity index (χ0n) is 10.2. The highest BCUT2D eigenvalue weighted by Crippen LogP contribution is 2.44. The smallest absolute Gasteiger partial charge is 0.0530 e. The predicted octanol–water partition coefficient (Wildman–Crippen LogP) is 3.52. The van der Waals surface area contributed by atoms with Crippen molar-refractivity contribution in [2.24, 2.45) is 5.92 Å². The summed E-state index contributed by atoms with van der Waals surface area (Å²) in [4.78, 5) is 0. The Morgan fingerprint density at radius 2 is 1.81 bits per heavy atom. The molecule has 1 nitrogen and oxygen atoms in total. The molecule has 1 saturated carbocycles. The van der Waals surface area contributed by atoms with Crippen LogP contribution in [0, 0.1) is 5.92 Å². The fourth-order valence-electron chi connectivity index (χ4n) is 3.31. The van der Waals surface area contributed by atoms with Gasteiger partial charge in [-0.3, -0.25) is 0 Å². The zero-order valence-corrected chi connectivity index (χ0v) is 10.2. The van der Waals surface area contributed by atoms with Gasteiger partial charge in [-0.05, 0) is 30.7 Å². The number of hydrogen-bond donors (Lipinski definition) is 1. The van der Waals surface area contributed by atoms with E-state index in [-0.39, 0.29) is 12.0 Å². The lowest BCUT2D eigenvalue weighted by atomic mass is 9.68. The molecule has 1 N–H and O–H groups in total. The maximum atomic E-state index is 9.89. The lowest BCUT2D eigenvalue weighted by molar-refractivity contribution is 0.131. The highest BCUT2D eigenvalue weighted by atomic mass is 16.3. The van der Waals surface area contributed by atoms with Gasteiger partial charge in [0.2, 0.25) is 0 Å². The van der Waals surface area contributed by atoms with Crippen LogP contribution in [-0.2, 0) is 5.41 Å². The molecule has 1 aromatic carbocycles. The molecule has 0 saturated heterocycles. The number of aliphatic hydroxyl groups is 1. The number of rotatable bonds is 4. The van der Waals surface area contributed by atoms with E-state index in [1.54, 1.807) is 0 Å². The van der Waals surface area contributed by atoms with Crippen molar-refractivity contribution in [1.29, 1.82) is 0 Å². The molecular formula is C15H22O. The topological polar surface area (TPSA) is 20.2 Å². The summed E-state index contributed by atoms with van der Waals surface area (Å²) < 4.78 is 0. The van der Waals surface area contributed by atoms with E-state index in [1.807, 2.05) is 0 Å². The van der Waals surface area contributed by atoms with Crippen molar-refractivity contribution in [1.82, 2.24) is 0 Å². The number of benzene rings is 1. The molecule has 88 valence electrons. The Kier molecular flexibility index (Phi) is 3.65. The molecule has 0 spiro atoms. The van der Waals surface area contributed by atoms with Crippen LogP contribution in [0.25, 0.3) is 0 Å². The average molecular weight is 218 g/mol. The molecule has 1 heteroatoms. The van der Waals surface area contributed by atoms with Gasteiger partial charge < -0.3 is 5.11 Å². The van der Waals surface area contributed by atoms with Gasteiger partial charge >= 0.3 is 0 Å². The molecule has 0 radical (unpaired) electrons. The fraction of sp³-hybridized carbons (Fsp3) is 0.600. The second-order valence-electron chi connectivity index (χ2n) is 5.02. The normalized spacial score (nSPS) is 20.9. The first-order valence-electron chi connectivity index (χ1n) is 6.50. The minimum atomic E-state index is 0.0117. The van der Waals surface area contributed by atoms with E-state index in [2.05, 4.69) is 37.3 Å². The monoisotopic (exact) mass is 218 g/mol. The van der Waals surface area contributed by atoms with E-state index in [4.69, 9.17) is 0 Å². The lowest BCUT2D eigenvalue weighted by Gasteiger charge is -2.37. The van der Waals surface area contributed by atoms with Crippen molar-refractivity contribution >= 4 is 0 Å². The van der Waals surface area contributed by atoms with Gasteiger partial charge in [0.15, 0.2) is 0 Å². The average Bonchev–Trinajstić information content (AvgIpc) is 2.87. The maximum absolute atomic E-state index is 9.89. The molecule has 1 aliphatic carbocycles. The Labute approximate surface area is 98.5 Å². The van der Waals surface area contributed by atoms with Crippen molar-refractivity contribution in [2.75, 3.05) is 6.61 Å². The summed E-state index contributed by atoms with van der Waals surface area (Å²) in [6.45, 7) is 2.50. The first-order chi connectivity index (χ1) is 7.83. The van der Waals surface area contributed by atoms with E-state index < -0.39 is 0 Å². The van der Waals surface area contributed by atoms with Gasteiger partial charge in [-0.25, -0.2) is 0 Å². The molecule has 0 aliphatic heterocycles. The van der Waals surface area contributed by atoms with Crippen molar-refractivity contribution in [3.8, 4) is 0 Å². The highest BCUT2D eigenvalue weighted by Gasteiger charge is 2.39. The van der Waals surface area contributed by atoms with E-state index in [0.29, 0.717) is 5.92 Å². The SMILES string of the molecule is CCC(CO)(c1ccccc1)C1CCCC1. The third kappa shape index (κ3) is 1.89. The van der Waals surface area contributed by atoms with Crippen LogP contribution in [0.1, 0.15) is 44.6 Å². The Hall–Kier alpha value is -0.820. The molecule has 2 rings (SSSR count). The van der Waals surface area contributed by atoms with Gasteiger partial charge in [0.1, 0.15) is 0 Å². The molecular weight excluding hydrogens is 196 g/mol. The van der Waals surface area contributed by atoms with Gasteiger partial charge in [-0.1, -0.05) is 50.1 Å². The molecule has 1 atom stereocenters. The van der Waals surface area contributed by atoms with Crippen LogP contribution in [0.5, 0.6) is 0 Å². The van der Waals surface area contributed by atoms with Crippen LogP contribution >= 0.6 is 0 Å². The molecule has 0 amide bonds. The molecule has 1 aliphatic rings. The van der Waals surface area contributed by atoms with Crippen LogP contribution in [0.4, 0.5) is 0 Å². The van der Waals surface area contributed by atoms with E-state index in [1.165, 1.54) is 31.2 Å². The Morgan fingerprint density at radius 1 is 1.19 bits per heavy atom. The number of aliphatic hydroxyl groups excluding tert-OH is 1. The predicted molar refractivity (Wildman–Crippen MR) is 67.5 cm³/mol. The molecule has 0 bridgehead atoms. The first-order valence-corrected chi connectivity index (χ1v) is 6.50. The van der Waals surface area contributed by atoms with Crippen LogP contribution in [0.15, 0.2) is 30.3 Å². The molecule has 0 heterocycles. The van der Waals surface area contributed by atoms with Crippen molar-refractivity contribution in [2.45, 2.75) is 44.4 Å². The second-order valence-corrected chi connectivity index (χ2v) is 5.02. The highest BCUT2D eigenvalue weighted by molar-refractivity contribution is 5.27. The third-order valence-corrected chi connectivity index (χ3v) is 4.40. The van der Waals surface area contributed by atoms with E-state index >= 15 is 0 Å². The summed E-state index contributed by atoms with van der Waals surface area (Å²) in [6.07, 6.45) is 6.27. The summed E-state index contributed by atoms with van der Waals surface area (Å²) in [6, 6.07) is 10.6. The van der Waals surface area contributed by atoms with Crippen LogP contribution < -0.4 is 0 Å². The van der Waals surface area contributed by atoms with Crippen LogP contribution in [0.3, 0.4) is 0 Å². The minimum absolute atomic E-state index is 0.0117. The van der Waals surface area contributed by atoms with Crippen molar-refractivity contribution in [3.63, 3.8) is 0 Å². The molecule has 16 heavy (non-hydrogen) atoms. The summed E-state index contributed by atoms with van der Waals surface area (Å²) in [7, 11) is 0. The summed E-state index contributed by atoms with van der Waals surface area (Å²) >= 11 is 0. The minimum Gasteiger partial charge on any atom is -0.395 e. The lowest BCUT2D eigenvalue weighted by Crippen LogP contribution is -2.37. The van der Waals surface area contributed by atoms with Crippen LogP contribution in [0.2, 0.25) is 0 Å². The quantitative estimate of drug-likeness (QED) is 0.820. The van der Waals surface area contributed by atoms with E-state index in [9.17, 15) is 5.11 Å². The van der Waals surface area contributed by atoms with Crippen molar-refractivity contribution < 1.29 is 5.11 Å². The van der Waals surface area contributed by atoms with Gasteiger partial charge in [0.05, 0.1) is 6.61 Å². The summed E-state index contributed by atoms with van der Waals surface area (Å²) in [5.74, 6) is 0.671. The number of hydrogen-bond acceptors (Lipinski definition) is 1. The van der Waals surface area contributed by atoms with Crippen LogP contribution in [-0.4, -0.2) is 11.7 Å². The van der Waals surface area contributed by atoms with E-state index in [0.717, 1.165) is 6.42 Å². The second kappa shape index (κ2) is 5.01. The fourth-order valence-corrected chi connectivity index (χ4v) is 3.31. The Morgan fingerprint density at radius 3 is 2.31 bits per heavy atom. The third-order valence-electron chi connectivity index (χ3n) is 4.40. The van der Waals surface area contributed by atoms with Gasteiger partial charge in [0, 0.05) is 5.41 Å². The van der Waals surface area contributed by atoms with Gasteiger partial charge in [-0.15, -0.1) is 0 Å². The molecule has 1 fully saturated rings. The van der Waals surface area contributed by atoms with Gasteiger partial charge in [0.25, 0.3) is 0 Å². The molecule has 0 aromatic heterocycles. The first kappa shape index (κ1) is 11.7. The molecule has 1 aromatic rings. The zero-order chi connectivity index (χ0) is 11.4. The summed E-state index contributed by atoms with van der Waals surface area (Å²) in [5.41, 5.74) is 1.34. The van der Waals surface area contributed by atoms with Crippen molar-refractivity contribution in [3.05, 3.63) is 35.9 Å². The Balaban J connectivity index is 2.34. The maximum Gasteiger partial charge on any atom is 0.0530 e. The Bertz CT molecular complexity index is 307. The molecule has 1 unspecified atom stereocenters.